The van der Waals surface area contributed by atoms with E-state index in [2.05, 4.69) is 34.5 Å². The SMILES string of the molecule is CCNC(=NCc1scnc1C)NC1CC1C.I. The van der Waals surface area contributed by atoms with Crippen molar-refractivity contribution < 1.29 is 0 Å². The van der Waals surface area contributed by atoms with Crippen molar-refractivity contribution in [1.29, 1.82) is 0 Å². The first-order valence-corrected chi connectivity index (χ1v) is 7.02. The van der Waals surface area contributed by atoms with Gasteiger partial charge in [0.1, 0.15) is 0 Å². The minimum atomic E-state index is 0. The van der Waals surface area contributed by atoms with Crippen LogP contribution in [-0.2, 0) is 6.54 Å². The predicted octanol–water partition coefficient (Wildman–Crippen LogP) is 2.53. The second kappa shape index (κ2) is 7.28. The minimum absolute atomic E-state index is 0. The second-order valence-electron chi connectivity index (χ2n) is 4.52. The number of guanidine groups is 1. The number of nitrogens with zero attached hydrogens (tertiary/aromatic N) is 2. The van der Waals surface area contributed by atoms with E-state index < -0.39 is 0 Å². The first-order valence-electron chi connectivity index (χ1n) is 6.14. The molecule has 1 aromatic rings. The summed E-state index contributed by atoms with van der Waals surface area (Å²) < 4.78 is 0. The molecule has 0 bridgehead atoms. The minimum Gasteiger partial charge on any atom is -0.357 e. The van der Waals surface area contributed by atoms with Gasteiger partial charge in [-0.25, -0.2) is 9.98 Å². The Kier molecular flexibility index (Phi) is 6.34. The molecule has 2 unspecified atom stereocenters. The van der Waals surface area contributed by atoms with Crippen molar-refractivity contribution >= 4 is 41.3 Å². The molecular formula is C12H21IN4S. The maximum atomic E-state index is 4.60. The molecular weight excluding hydrogens is 359 g/mol. The van der Waals surface area contributed by atoms with E-state index in [-0.39, 0.29) is 24.0 Å². The van der Waals surface area contributed by atoms with Crippen LogP contribution in [0, 0.1) is 12.8 Å². The Labute approximate surface area is 130 Å². The molecule has 2 N–H and O–H groups in total. The second-order valence-corrected chi connectivity index (χ2v) is 5.46. The number of hydrogen-bond donors (Lipinski definition) is 2. The van der Waals surface area contributed by atoms with Gasteiger partial charge in [0.2, 0.25) is 0 Å². The van der Waals surface area contributed by atoms with Gasteiger partial charge in [-0.2, -0.15) is 0 Å². The predicted molar refractivity (Wildman–Crippen MR) is 87.8 cm³/mol. The molecule has 102 valence electrons. The van der Waals surface area contributed by atoms with Crippen LogP contribution in [0.15, 0.2) is 10.5 Å². The standard InChI is InChI=1S/C12H20N4S.HI/c1-4-13-12(16-10-5-8(10)2)14-6-11-9(3)15-7-17-11;/h7-8,10H,4-6H2,1-3H3,(H2,13,14,16);1H. The third-order valence-corrected chi connectivity index (χ3v) is 3.92. The first-order chi connectivity index (χ1) is 8.20. The lowest BCUT2D eigenvalue weighted by molar-refractivity contribution is 0.767. The molecule has 1 fully saturated rings. The maximum Gasteiger partial charge on any atom is 0.191 e. The maximum absolute atomic E-state index is 4.60. The molecule has 1 heterocycles. The summed E-state index contributed by atoms with van der Waals surface area (Å²) >= 11 is 1.67. The molecule has 0 aliphatic heterocycles. The van der Waals surface area contributed by atoms with Gasteiger partial charge in [0.25, 0.3) is 0 Å². The Hall–Kier alpha value is -0.370. The van der Waals surface area contributed by atoms with Gasteiger partial charge < -0.3 is 10.6 Å². The summed E-state index contributed by atoms with van der Waals surface area (Å²) in [6, 6.07) is 0.607. The van der Waals surface area contributed by atoms with E-state index in [1.807, 2.05) is 12.4 Å². The number of hydrogen-bond acceptors (Lipinski definition) is 3. The molecule has 0 aromatic carbocycles. The van der Waals surface area contributed by atoms with Crippen LogP contribution in [0.4, 0.5) is 0 Å². The summed E-state index contributed by atoms with van der Waals surface area (Å²) in [7, 11) is 0. The van der Waals surface area contributed by atoms with Crippen LogP contribution in [0.5, 0.6) is 0 Å². The van der Waals surface area contributed by atoms with Gasteiger partial charge in [-0.15, -0.1) is 35.3 Å². The van der Waals surface area contributed by atoms with Crippen LogP contribution >= 0.6 is 35.3 Å². The number of thiazole rings is 1. The highest BCUT2D eigenvalue weighted by Gasteiger charge is 2.33. The molecule has 0 spiro atoms. The van der Waals surface area contributed by atoms with Crippen LogP contribution in [-0.4, -0.2) is 23.5 Å². The van der Waals surface area contributed by atoms with Crippen molar-refractivity contribution in [3.05, 3.63) is 16.1 Å². The number of halogens is 1. The molecule has 0 radical (unpaired) electrons. The lowest BCUT2D eigenvalue weighted by Crippen LogP contribution is -2.39. The topological polar surface area (TPSA) is 49.3 Å². The molecule has 1 aliphatic carbocycles. The summed E-state index contributed by atoms with van der Waals surface area (Å²) in [5.74, 6) is 1.71. The van der Waals surface area contributed by atoms with Gasteiger partial charge in [0.05, 0.1) is 17.7 Å². The van der Waals surface area contributed by atoms with E-state index in [9.17, 15) is 0 Å². The zero-order chi connectivity index (χ0) is 12.3. The van der Waals surface area contributed by atoms with Crippen LogP contribution in [0.1, 0.15) is 30.8 Å². The highest BCUT2D eigenvalue weighted by molar-refractivity contribution is 14.0. The fraction of sp³-hybridized carbons (Fsp3) is 0.667. The third kappa shape index (κ3) is 4.38. The number of aryl methyl sites for hydroxylation is 1. The summed E-state index contributed by atoms with van der Waals surface area (Å²) in [5, 5.41) is 6.73. The van der Waals surface area contributed by atoms with Gasteiger partial charge in [0.15, 0.2) is 5.96 Å². The van der Waals surface area contributed by atoms with E-state index in [1.165, 1.54) is 11.3 Å². The van der Waals surface area contributed by atoms with Crippen molar-refractivity contribution in [2.45, 2.75) is 39.8 Å². The third-order valence-electron chi connectivity index (χ3n) is 3.00. The van der Waals surface area contributed by atoms with Gasteiger partial charge in [-0.05, 0) is 26.2 Å². The average molecular weight is 380 g/mol. The van der Waals surface area contributed by atoms with E-state index in [4.69, 9.17) is 0 Å². The number of nitrogens with one attached hydrogen (secondary N) is 2. The Morgan fingerprint density at radius 2 is 2.33 bits per heavy atom. The summed E-state index contributed by atoms with van der Waals surface area (Å²) in [6.07, 6.45) is 1.25. The van der Waals surface area contributed by atoms with Crippen molar-refractivity contribution in [2.24, 2.45) is 10.9 Å². The van der Waals surface area contributed by atoms with Crippen LogP contribution < -0.4 is 10.6 Å². The van der Waals surface area contributed by atoms with Crippen LogP contribution in [0.3, 0.4) is 0 Å². The highest BCUT2D eigenvalue weighted by Crippen LogP contribution is 2.28. The molecule has 0 amide bonds. The Balaban J connectivity index is 0.00000162. The lowest BCUT2D eigenvalue weighted by atomic mass is 10.4. The lowest BCUT2D eigenvalue weighted by Gasteiger charge is -2.10. The molecule has 4 nitrogen and oxygen atoms in total. The van der Waals surface area contributed by atoms with Crippen molar-refractivity contribution in [1.82, 2.24) is 15.6 Å². The Morgan fingerprint density at radius 1 is 1.61 bits per heavy atom. The summed E-state index contributed by atoms with van der Waals surface area (Å²) in [5.41, 5.74) is 2.97. The Morgan fingerprint density at radius 3 is 2.83 bits per heavy atom. The van der Waals surface area contributed by atoms with Gasteiger partial charge >= 0.3 is 0 Å². The van der Waals surface area contributed by atoms with Crippen molar-refractivity contribution in [3.63, 3.8) is 0 Å². The smallest absolute Gasteiger partial charge is 0.191 e. The summed E-state index contributed by atoms with van der Waals surface area (Å²) in [6.45, 7) is 7.99. The van der Waals surface area contributed by atoms with E-state index in [0.717, 1.165) is 24.1 Å². The number of aromatic nitrogens is 1. The quantitative estimate of drug-likeness (QED) is 0.480. The fourth-order valence-corrected chi connectivity index (χ4v) is 2.35. The number of aliphatic imine (C=N–C) groups is 1. The monoisotopic (exact) mass is 380 g/mol. The normalized spacial score (nSPS) is 22.3. The number of rotatable bonds is 4. The molecule has 6 heteroatoms. The van der Waals surface area contributed by atoms with Crippen LogP contribution in [0.25, 0.3) is 0 Å². The molecule has 18 heavy (non-hydrogen) atoms. The van der Waals surface area contributed by atoms with Crippen molar-refractivity contribution in [3.8, 4) is 0 Å². The molecule has 0 saturated heterocycles. The molecule has 1 aliphatic rings. The molecule has 1 aromatic heterocycles. The van der Waals surface area contributed by atoms with Crippen LogP contribution in [0.2, 0.25) is 0 Å². The van der Waals surface area contributed by atoms with E-state index >= 15 is 0 Å². The van der Waals surface area contributed by atoms with Gasteiger partial charge in [-0.1, -0.05) is 6.92 Å². The zero-order valence-corrected chi connectivity index (χ0v) is 14.2. The molecule has 1 saturated carbocycles. The van der Waals surface area contributed by atoms with Gasteiger partial charge in [0, 0.05) is 17.5 Å². The average Bonchev–Trinajstić information content (AvgIpc) is 2.83. The Bertz CT molecular complexity index is 405. The molecule has 2 atom stereocenters. The zero-order valence-electron chi connectivity index (χ0n) is 11.1. The first kappa shape index (κ1) is 15.7. The fourth-order valence-electron chi connectivity index (χ4n) is 1.65. The van der Waals surface area contributed by atoms with Crippen molar-refractivity contribution in [2.75, 3.05) is 6.54 Å². The summed E-state index contributed by atoms with van der Waals surface area (Å²) in [4.78, 5) is 10.1. The van der Waals surface area contributed by atoms with E-state index in [1.54, 1.807) is 11.3 Å². The highest BCUT2D eigenvalue weighted by atomic mass is 127. The van der Waals surface area contributed by atoms with E-state index in [0.29, 0.717) is 12.6 Å². The largest absolute Gasteiger partial charge is 0.357 e. The van der Waals surface area contributed by atoms with Gasteiger partial charge in [-0.3, -0.25) is 0 Å². The molecule has 2 rings (SSSR count).